The zero-order valence-electron chi connectivity index (χ0n) is 17.1. The van der Waals surface area contributed by atoms with Crippen LogP contribution in [0.3, 0.4) is 0 Å². The lowest BCUT2D eigenvalue weighted by Crippen LogP contribution is -2.16. The number of aromatic nitrogens is 3. The van der Waals surface area contributed by atoms with Crippen LogP contribution in [-0.2, 0) is 4.79 Å². The van der Waals surface area contributed by atoms with Gasteiger partial charge < -0.3 is 15.8 Å². The van der Waals surface area contributed by atoms with Gasteiger partial charge in [0.1, 0.15) is 17.1 Å². The summed E-state index contributed by atoms with van der Waals surface area (Å²) in [6, 6.07) is 10.7. The maximum absolute atomic E-state index is 13.8. The first kappa shape index (κ1) is 21.1. The summed E-state index contributed by atoms with van der Waals surface area (Å²) in [6.45, 7) is 0.256. The molecule has 4 aromatic rings. The summed E-state index contributed by atoms with van der Waals surface area (Å²) in [4.78, 5) is 24.6. The molecule has 9 heteroatoms. The lowest BCUT2D eigenvalue weighted by atomic mass is 10.0. The molecule has 1 amide bonds. The maximum Gasteiger partial charge on any atom is 0.219 e. The number of amides is 1. The molecule has 2 heterocycles. The summed E-state index contributed by atoms with van der Waals surface area (Å²) in [5, 5.41) is 3.70. The number of primary amides is 1. The number of hydrogen-bond acceptors (Lipinski definition) is 6. The standard InChI is InChI=1S/C23H19F2N5O2/c1-32-19-11-15(13-4-5-17(24)18(25)10-13)9-16-21(19)29-22(14-3-2-7-27-12-14)30-23(16)28-8-6-20(26)31/h2-5,7,9-12H,6,8H2,1H3,(H2,26,31)(H,28,29,30). The molecule has 0 aliphatic heterocycles. The summed E-state index contributed by atoms with van der Waals surface area (Å²) in [5.74, 6) is -1.07. The fraction of sp³-hybridized carbons (Fsp3) is 0.130. The third-order valence-electron chi connectivity index (χ3n) is 4.82. The second-order valence-electron chi connectivity index (χ2n) is 6.98. The highest BCUT2D eigenvalue weighted by Crippen LogP contribution is 2.36. The maximum atomic E-state index is 13.8. The molecule has 2 aromatic carbocycles. The summed E-state index contributed by atoms with van der Waals surface area (Å²) in [7, 11) is 1.50. The quantitative estimate of drug-likeness (QED) is 0.456. The third kappa shape index (κ3) is 4.31. The molecule has 0 atom stereocenters. The fourth-order valence-corrected chi connectivity index (χ4v) is 3.26. The molecule has 0 aliphatic rings. The number of carbonyl (C=O) groups is 1. The number of halogens is 2. The van der Waals surface area contributed by atoms with Gasteiger partial charge in [0, 0.05) is 36.3 Å². The van der Waals surface area contributed by atoms with E-state index in [0.29, 0.717) is 45.0 Å². The zero-order valence-corrected chi connectivity index (χ0v) is 17.1. The number of rotatable bonds is 7. The van der Waals surface area contributed by atoms with E-state index < -0.39 is 17.5 Å². The van der Waals surface area contributed by atoms with Gasteiger partial charge in [-0.3, -0.25) is 9.78 Å². The van der Waals surface area contributed by atoms with E-state index in [0.717, 1.165) is 12.1 Å². The minimum absolute atomic E-state index is 0.105. The number of anilines is 1. The van der Waals surface area contributed by atoms with Gasteiger partial charge >= 0.3 is 0 Å². The van der Waals surface area contributed by atoms with E-state index >= 15 is 0 Å². The number of hydrogen-bond donors (Lipinski definition) is 2. The largest absolute Gasteiger partial charge is 0.494 e. The van der Waals surface area contributed by atoms with Crippen LogP contribution in [0.4, 0.5) is 14.6 Å². The molecule has 0 saturated carbocycles. The van der Waals surface area contributed by atoms with Crippen LogP contribution in [0.25, 0.3) is 33.4 Å². The first-order valence-corrected chi connectivity index (χ1v) is 9.74. The molecule has 0 saturated heterocycles. The Morgan fingerprint density at radius 2 is 1.91 bits per heavy atom. The molecular formula is C23H19F2N5O2. The minimum atomic E-state index is -0.954. The van der Waals surface area contributed by atoms with Crippen LogP contribution >= 0.6 is 0 Å². The van der Waals surface area contributed by atoms with Crippen molar-refractivity contribution in [1.29, 1.82) is 0 Å². The molecule has 4 rings (SSSR count). The second kappa shape index (κ2) is 8.93. The van der Waals surface area contributed by atoms with Crippen LogP contribution in [0.1, 0.15) is 6.42 Å². The number of carbonyl (C=O) groups excluding carboxylic acids is 1. The van der Waals surface area contributed by atoms with E-state index in [1.54, 1.807) is 30.6 Å². The topological polar surface area (TPSA) is 103 Å². The highest BCUT2D eigenvalue weighted by atomic mass is 19.2. The summed E-state index contributed by atoms with van der Waals surface area (Å²) < 4.78 is 32.8. The summed E-state index contributed by atoms with van der Waals surface area (Å²) in [5.41, 5.74) is 7.51. The number of fused-ring (bicyclic) bond motifs is 1. The van der Waals surface area contributed by atoms with Crippen molar-refractivity contribution in [1.82, 2.24) is 15.0 Å². The second-order valence-corrected chi connectivity index (χ2v) is 6.98. The molecular weight excluding hydrogens is 416 g/mol. The van der Waals surface area contributed by atoms with Crippen LogP contribution in [-0.4, -0.2) is 34.5 Å². The molecule has 0 radical (unpaired) electrons. The van der Waals surface area contributed by atoms with Crippen molar-refractivity contribution < 1.29 is 18.3 Å². The summed E-state index contributed by atoms with van der Waals surface area (Å²) in [6.07, 6.45) is 3.38. The van der Waals surface area contributed by atoms with Gasteiger partial charge in [-0.05, 0) is 47.5 Å². The van der Waals surface area contributed by atoms with Crippen LogP contribution < -0.4 is 15.8 Å². The van der Waals surface area contributed by atoms with Gasteiger partial charge in [0.05, 0.1) is 7.11 Å². The third-order valence-corrected chi connectivity index (χ3v) is 4.82. The number of ether oxygens (including phenoxy) is 1. The number of nitrogens with zero attached hydrogens (tertiary/aromatic N) is 3. The summed E-state index contributed by atoms with van der Waals surface area (Å²) >= 11 is 0. The van der Waals surface area contributed by atoms with Crippen molar-refractivity contribution in [2.45, 2.75) is 6.42 Å². The number of pyridine rings is 1. The first-order valence-electron chi connectivity index (χ1n) is 9.74. The van der Waals surface area contributed by atoms with E-state index in [9.17, 15) is 13.6 Å². The van der Waals surface area contributed by atoms with E-state index in [1.165, 1.54) is 13.2 Å². The molecule has 0 unspecified atom stereocenters. The Morgan fingerprint density at radius 1 is 1.06 bits per heavy atom. The van der Waals surface area contributed by atoms with E-state index in [-0.39, 0.29) is 13.0 Å². The van der Waals surface area contributed by atoms with Gasteiger partial charge in [0.15, 0.2) is 17.5 Å². The molecule has 3 N–H and O–H groups in total. The van der Waals surface area contributed by atoms with Gasteiger partial charge in [0.2, 0.25) is 5.91 Å². The van der Waals surface area contributed by atoms with Crippen molar-refractivity contribution in [3.63, 3.8) is 0 Å². The Balaban J connectivity index is 1.91. The van der Waals surface area contributed by atoms with Crippen molar-refractivity contribution in [3.8, 4) is 28.3 Å². The monoisotopic (exact) mass is 435 g/mol. The van der Waals surface area contributed by atoms with Crippen molar-refractivity contribution in [2.75, 3.05) is 19.0 Å². The average Bonchev–Trinajstić information content (AvgIpc) is 2.80. The van der Waals surface area contributed by atoms with Gasteiger partial charge in [-0.1, -0.05) is 6.07 Å². The Kier molecular flexibility index (Phi) is 5.89. The van der Waals surface area contributed by atoms with Gasteiger partial charge in [0.25, 0.3) is 0 Å². The Hall–Kier alpha value is -4.14. The van der Waals surface area contributed by atoms with Gasteiger partial charge in [-0.2, -0.15) is 0 Å². The number of nitrogens with two attached hydrogens (primary N) is 1. The van der Waals surface area contributed by atoms with Crippen molar-refractivity contribution in [3.05, 3.63) is 66.5 Å². The predicted molar refractivity (Wildman–Crippen MR) is 117 cm³/mol. The molecule has 0 fully saturated rings. The van der Waals surface area contributed by atoms with Crippen LogP contribution in [0, 0.1) is 11.6 Å². The van der Waals surface area contributed by atoms with Crippen molar-refractivity contribution >= 4 is 22.6 Å². The minimum Gasteiger partial charge on any atom is -0.494 e. The van der Waals surface area contributed by atoms with Gasteiger partial charge in [-0.25, -0.2) is 18.7 Å². The van der Waals surface area contributed by atoms with Crippen molar-refractivity contribution in [2.24, 2.45) is 5.73 Å². The predicted octanol–water partition coefficient (Wildman–Crippen LogP) is 3.93. The lowest BCUT2D eigenvalue weighted by molar-refractivity contribution is -0.117. The first-order chi connectivity index (χ1) is 15.5. The highest BCUT2D eigenvalue weighted by Gasteiger charge is 2.16. The molecule has 7 nitrogen and oxygen atoms in total. The van der Waals surface area contributed by atoms with Crippen LogP contribution in [0.5, 0.6) is 5.75 Å². The zero-order chi connectivity index (χ0) is 22.7. The molecule has 2 aromatic heterocycles. The fourth-order valence-electron chi connectivity index (χ4n) is 3.26. The van der Waals surface area contributed by atoms with Crippen LogP contribution in [0.15, 0.2) is 54.9 Å². The SMILES string of the molecule is COc1cc(-c2ccc(F)c(F)c2)cc2c(NCCC(N)=O)nc(-c3cccnc3)nc12. The normalized spacial score (nSPS) is 10.8. The molecule has 0 aliphatic carbocycles. The smallest absolute Gasteiger partial charge is 0.219 e. The number of methoxy groups -OCH3 is 1. The Bertz CT molecular complexity index is 1300. The van der Waals surface area contributed by atoms with E-state index in [1.807, 2.05) is 6.07 Å². The molecule has 0 bridgehead atoms. The average molecular weight is 435 g/mol. The Labute approximate surface area is 182 Å². The number of benzene rings is 2. The van der Waals surface area contributed by atoms with E-state index in [2.05, 4.69) is 20.3 Å². The molecule has 32 heavy (non-hydrogen) atoms. The molecule has 0 spiro atoms. The van der Waals surface area contributed by atoms with Crippen LogP contribution in [0.2, 0.25) is 0 Å². The molecule has 162 valence electrons. The van der Waals surface area contributed by atoms with E-state index in [4.69, 9.17) is 10.5 Å². The lowest BCUT2D eigenvalue weighted by Gasteiger charge is -2.15. The highest BCUT2D eigenvalue weighted by molar-refractivity contribution is 5.98. The number of nitrogens with one attached hydrogen (secondary N) is 1. The Morgan fingerprint density at radius 3 is 2.59 bits per heavy atom. The van der Waals surface area contributed by atoms with Gasteiger partial charge in [-0.15, -0.1) is 0 Å².